The number of nitrogens with zero attached hydrogens (tertiary/aromatic N) is 1. The Balaban J connectivity index is 1.64. The van der Waals surface area contributed by atoms with E-state index >= 15 is 0 Å². The molecular weight excluding hydrogens is 272 g/mol. The van der Waals surface area contributed by atoms with E-state index in [-0.39, 0.29) is 0 Å². The van der Waals surface area contributed by atoms with Crippen molar-refractivity contribution in [2.75, 3.05) is 6.61 Å². The Kier molecular flexibility index (Phi) is 4.33. The Labute approximate surface area is 129 Å². The molecule has 1 heterocycles. The summed E-state index contributed by atoms with van der Waals surface area (Å²) in [6.07, 6.45) is 3.63. The number of ether oxygens (including phenoxy) is 1. The van der Waals surface area contributed by atoms with Crippen LogP contribution >= 0.6 is 0 Å². The molecule has 0 unspecified atom stereocenters. The molecule has 3 aromatic rings. The average Bonchev–Trinajstić information content (AvgIpc) is 2.59. The highest BCUT2D eigenvalue weighted by atomic mass is 16.5. The zero-order chi connectivity index (χ0) is 15.2. The fourth-order valence-corrected chi connectivity index (χ4v) is 2.14. The van der Waals surface area contributed by atoms with E-state index in [4.69, 9.17) is 10.5 Å². The van der Waals surface area contributed by atoms with Crippen molar-refractivity contribution in [3.05, 3.63) is 72.1 Å². The molecule has 0 amide bonds. The number of aromatic nitrogens is 1. The Bertz CT molecular complexity index is 829. The molecule has 3 nitrogen and oxygen atoms in total. The zero-order valence-corrected chi connectivity index (χ0v) is 12.1. The summed E-state index contributed by atoms with van der Waals surface area (Å²) < 4.78 is 5.59. The van der Waals surface area contributed by atoms with Crippen molar-refractivity contribution in [3.63, 3.8) is 0 Å². The van der Waals surface area contributed by atoms with Crippen molar-refractivity contribution in [2.45, 2.75) is 6.54 Å². The molecule has 0 saturated carbocycles. The molecule has 2 aromatic carbocycles. The summed E-state index contributed by atoms with van der Waals surface area (Å²) in [6, 6.07) is 15.8. The molecule has 0 fully saturated rings. The first-order valence-electron chi connectivity index (χ1n) is 7.09. The third-order valence-corrected chi connectivity index (χ3v) is 3.34. The lowest BCUT2D eigenvalue weighted by Crippen LogP contribution is -1.97. The van der Waals surface area contributed by atoms with Gasteiger partial charge in [-0.15, -0.1) is 0 Å². The van der Waals surface area contributed by atoms with Gasteiger partial charge in [-0.05, 0) is 41.3 Å². The first kappa shape index (κ1) is 14.1. The van der Waals surface area contributed by atoms with Crippen LogP contribution < -0.4 is 10.5 Å². The lowest BCUT2D eigenvalue weighted by Gasteiger charge is -2.02. The van der Waals surface area contributed by atoms with Crippen molar-refractivity contribution in [1.29, 1.82) is 0 Å². The summed E-state index contributed by atoms with van der Waals surface area (Å²) in [5.41, 5.74) is 7.60. The second-order valence-corrected chi connectivity index (χ2v) is 4.88. The van der Waals surface area contributed by atoms with E-state index in [0.29, 0.717) is 13.2 Å². The molecular formula is C19H16N2O. The fourth-order valence-electron chi connectivity index (χ4n) is 2.14. The number of fused-ring (bicyclic) bond motifs is 1. The van der Waals surface area contributed by atoms with E-state index in [0.717, 1.165) is 27.6 Å². The quantitative estimate of drug-likeness (QED) is 0.753. The lowest BCUT2D eigenvalue weighted by molar-refractivity contribution is 0.370. The predicted octanol–water partition coefficient (Wildman–Crippen LogP) is 3.12. The minimum atomic E-state index is 0.354. The molecule has 0 saturated heterocycles. The Morgan fingerprint density at radius 1 is 1.00 bits per heavy atom. The summed E-state index contributed by atoms with van der Waals surface area (Å²) in [5, 5.41) is 2.25. The maximum absolute atomic E-state index is 5.59. The smallest absolute Gasteiger partial charge is 0.149 e. The van der Waals surface area contributed by atoms with Crippen molar-refractivity contribution < 1.29 is 4.74 Å². The highest BCUT2D eigenvalue weighted by molar-refractivity contribution is 5.82. The Morgan fingerprint density at radius 2 is 1.86 bits per heavy atom. The highest BCUT2D eigenvalue weighted by Crippen LogP contribution is 2.14. The van der Waals surface area contributed by atoms with Gasteiger partial charge in [0, 0.05) is 29.9 Å². The van der Waals surface area contributed by atoms with Gasteiger partial charge in [-0.25, -0.2) is 0 Å². The largest absolute Gasteiger partial charge is 0.481 e. The summed E-state index contributed by atoms with van der Waals surface area (Å²) in [5.74, 6) is 6.93. The van der Waals surface area contributed by atoms with Crippen molar-refractivity contribution in [2.24, 2.45) is 5.73 Å². The van der Waals surface area contributed by atoms with Gasteiger partial charge in [0.15, 0.2) is 0 Å². The van der Waals surface area contributed by atoms with Gasteiger partial charge in [0.2, 0.25) is 0 Å². The second-order valence-electron chi connectivity index (χ2n) is 4.88. The monoisotopic (exact) mass is 288 g/mol. The molecule has 0 spiro atoms. The maximum Gasteiger partial charge on any atom is 0.149 e. The van der Waals surface area contributed by atoms with Crippen LogP contribution in [0.15, 0.2) is 60.9 Å². The summed E-state index contributed by atoms with van der Waals surface area (Å²) >= 11 is 0. The lowest BCUT2D eigenvalue weighted by atomic mass is 10.1. The third kappa shape index (κ3) is 3.43. The molecule has 0 bridgehead atoms. The molecule has 0 aliphatic heterocycles. The van der Waals surface area contributed by atoms with Crippen LogP contribution in [0, 0.1) is 11.8 Å². The summed E-state index contributed by atoms with van der Waals surface area (Å²) in [4.78, 5) is 4.12. The van der Waals surface area contributed by atoms with E-state index in [9.17, 15) is 0 Å². The van der Waals surface area contributed by atoms with Gasteiger partial charge in [0.05, 0.1) is 0 Å². The SMILES string of the molecule is NCc1ccc(OCC#Cc2ccc3ccncc3c2)cc1. The van der Waals surface area contributed by atoms with E-state index in [1.165, 1.54) is 0 Å². The molecule has 108 valence electrons. The normalized spacial score (nSPS) is 10.0. The van der Waals surface area contributed by atoms with Crippen LogP contribution in [-0.4, -0.2) is 11.6 Å². The third-order valence-electron chi connectivity index (χ3n) is 3.34. The van der Waals surface area contributed by atoms with Gasteiger partial charge < -0.3 is 10.5 Å². The predicted molar refractivity (Wildman–Crippen MR) is 88.4 cm³/mol. The van der Waals surface area contributed by atoms with Crippen molar-refractivity contribution in [1.82, 2.24) is 4.98 Å². The molecule has 0 aliphatic carbocycles. The minimum Gasteiger partial charge on any atom is -0.481 e. The van der Waals surface area contributed by atoms with Gasteiger partial charge in [0.1, 0.15) is 12.4 Å². The number of rotatable bonds is 3. The first-order chi connectivity index (χ1) is 10.8. The first-order valence-corrected chi connectivity index (χ1v) is 7.09. The number of nitrogens with two attached hydrogens (primary N) is 1. The maximum atomic E-state index is 5.59. The van der Waals surface area contributed by atoms with E-state index in [2.05, 4.69) is 16.8 Å². The molecule has 22 heavy (non-hydrogen) atoms. The summed E-state index contributed by atoms with van der Waals surface area (Å²) in [6.45, 7) is 0.893. The van der Waals surface area contributed by atoms with Gasteiger partial charge in [-0.3, -0.25) is 4.98 Å². The highest BCUT2D eigenvalue weighted by Gasteiger charge is 1.94. The zero-order valence-electron chi connectivity index (χ0n) is 12.1. The number of hydrogen-bond donors (Lipinski definition) is 1. The molecule has 1 aromatic heterocycles. The van der Waals surface area contributed by atoms with E-state index in [1.807, 2.05) is 54.7 Å². The van der Waals surface area contributed by atoms with Gasteiger partial charge in [0.25, 0.3) is 0 Å². The number of hydrogen-bond acceptors (Lipinski definition) is 3. The standard InChI is InChI=1S/C19H16N2O/c20-13-16-4-7-19(8-5-16)22-11-1-2-15-3-6-17-9-10-21-14-18(17)12-15/h3-10,12,14H,11,13,20H2. The van der Waals surface area contributed by atoms with Crippen LogP contribution in [0.4, 0.5) is 0 Å². The Morgan fingerprint density at radius 3 is 2.68 bits per heavy atom. The molecule has 0 atom stereocenters. The Hall–Kier alpha value is -2.83. The van der Waals surface area contributed by atoms with Crippen molar-refractivity contribution in [3.8, 4) is 17.6 Å². The molecule has 0 aliphatic rings. The topological polar surface area (TPSA) is 48.1 Å². The van der Waals surface area contributed by atoms with Crippen LogP contribution in [0.5, 0.6) is 5.75 Å². The van der Waals surface area contributed by atoms with Gasteiger partial charge in [-0.2, -0.15) is 0 Å². The summed E-state index contributed by atoms with van der Waals surface area (Å²) in [7, 11) is 0. The molecule has 3 heteroatoms. The van der Waals surface area contributed by atoms with Crippen molar-refractivity contribution >= 4 is 10.8 Å². The van der Waals surface area contributed by atoms with Crippen LogP contribution in [0.25, 0.3) is 10.8 Å². The van der Waals surface area contributed by atoms with E-state index in [1.54, 1.807) is 6.20 Å². The van der Waals surface area contributed by atoms with Crippen LogP contribution in [0.1, 0.15) is 11.1 Å². The van der Waals surface area contributed by atoms with Crippen LogP contribution in [0.2, 0.25) is 0 Å². The minimum absolute atomic E-state index is 0.354. The number of benzene rings is 2. The van der Waals surface area contributed by atoms with Crippen LogP contribution in [0.3, 0.4) is 0 Å². The average molecular weight is 288 g/mol. The second kappa shape index (κ2) is 6.75. The van der Waals surface area contributed by atoms with Crippen LogP contribution in [-0.2, 0) is 6.54 Å². The number of pyridine rings is 1. The fraction of sp³-hybridized carbons (Fsp3) is 0.105. The van der Waals surface area contributed by atoms with Gasteiger partial charge in [-0.1, -0.05) is 30.0 Å². The van der Waals surface area contributed by atoms with Gasteiger partial charge >= 0.3 is 0 Å². The molecule has 3 rings (SSSR count). The van der Waals surface area contributed by atoms with E-state index < -0.39 is 0 Å². The molecule has 0 radical (unpaired) electrons. The molecule has 2 N–H and O–H groups in total.